The van der Waals surface area contributed by atoms with Gasteiger partial charge in [0.2, 0.25) is 0 Å². The van der Waals surface area contributed by atoms with Crippen molar-refractivity contribution in [2.75, 3.05) is 20.1 Å². The van der Waals surface area contributed by atoms with Gasteiger partial charge < -0.3 is 9.63 Å². The number of hydrogen-bond donors (Lipinski definition) is 1. The van der Waals surface area contributed by atoms with Crippen LogP contribution in [0.3, 0.4) is 0 Å². The Bertz CT molecular complexity index is 171. The van der Waals surface area contributed by atoms with Gasteiger partial charge in [-0.05, 0) is 6.92 Å². The molecule has 0 heterocycles. The third-order valence-corrected chi connectivity index (χ3v) is 1.31. The molecule has 66 valence electrons. The van der Waals surface area contributed by atoms with Crippen molar-refractivity contribution in [3.8, 4) is 0 Å². The van der Waals surface area contributed by atoms with E-state index in [4.69, 9.17) is 9.63 Å². The first-order chi connectivity index (χ1) is 4.92. The van der Waals surface area contributed by atoms with Gasteiger partial charge in [0.15, 0.2) is 6.79 Å². The summed E-state index contributed by atoms with van der Waals surface area (Å²) in [6, 6.07) is 0. The zero-order chi connectivity index (χ0) is 8.91. The van der Waals surface area contributed by atoms with E-state index in [1.165, 1.54) is 0 Å². The SMILES string of the molecule is C=C(C)COCOP(C)(=O)O. The summed E-state index contributed by atoms with van der Waals surface area (Å²) in [6.07, 6.45) is 0. The van der Waals surface area contributed by atoms with Crippen LogP contribution in [0.4, 0.5) is 0 Å². The first-order valence-electron chi connectivity index (χ1n) is 3.09. The second kappa shape index (κ2) is 4.67. The molecule has 4 nitrogen and oxygen atoms in total. The van der Waals surface area contributed by atoms with Gasteiger partial charge in [0.25, 0.3) is 0 Å². The summed E-state index contributed by atoms with van der Waals surface area (Å²) in [6.45, 7) is 6.66. The van der Waals surface area contributed by atoms with E-state index < -0.39 is 7.60 Å². The molecule has 0 fully saturated rings. The van der Waals surface area contributed by atoms with E-state index in [-0.39, 0.29) is 6.79 Å². The van der Waals surface area contributed by atoms with Gasteiger partial charge in [-0.1, -0.05) is 12.2 Å². The maximum Gasteiger partial charge on any atom is 0.327 e. The summed E-state index contributed by atoms with van der Waals surface area (Å²) >= 11 is 0. The standard InChI is InChI=1S/C6H13O4P/c1-6(2)4-9-5-10-11(3,7)8/h1,4-5H2,2-3H3,(H,7,8). The van der Waals surface area contributed by atoms with E-state index in [0.717, 1.165) is 12.2 Å². The topological polar surface area (TPSA) is 55.8 Å². The summed E-state index contributed by atoms with van der Waals surface area (Å²) in [5, 5.41) is 0. The fourth-order valence-corrected chi connectivity index (χ4v) is 0.621. The maximum atomic E-state index is 10.5. The molecule has 1 unspecified atom stereocenters. The molecule has 0 rings (SSSR count). The van der Waals surface area contributed by atoms with Crippen molar-refractivity contribution < 1.29 is 18.7 Å². The van der Waals surface area contributed by atoms with Gasteiger partial charge >= 0.3 is 7.60 Å². The predicted molar refractivity (Wildman–Crippen MR) is 42.5 cm³/mol. The van der Waals surface area contributed by atoms with Gasteiger partial charge in [-0.15, -0.1) is 0 Å². The van der Waals surface area contributed by atoms with Crippen LogP contribution in [0.1, 0.15) is 6.92 Å². The molecule has 1 atom stereocenters. The van der Waals surface area contributed by atoms with E-state index >= 15 is 0 Å². The molecule has 0 spiro atoms. The van der Waals surface area contributed by atoms with E-state index in [2.05, 4.69) is 11.1 Å². The average molecular weight is 180 g/mol. The maximum absolute atomic E-state index is 10.5. The summed E-state index contributed by atoms with van der Waals surface area (Å²) in [5.41, 5.74) is 0.845. The Morgan fingerprint density at radius 3 is 2.64 bits per heavy atom. The van der Waals surface area contributed by atoms with Crippen molar-refractivity contribution in [1.29, 1.82) is 0 Å². The van der Waals surface area contributed by atoms with Crippen molar-refractivity contribution in [2.45, 2.75) is 6.92 Å². The molecule has 0 saturated carbocycles. The molecule has 0 aromatic rings. The Balaban J connectivity index is 3.29. The highest BCUT2D eigenvalue weighted by Gasteiger charge is 2.08. The highest BCUT2D eigenvalue weighted by atomic mass is 31.2. The van der Waals surface area contributed by atoms with Gasteiger partial charge in [-0.3, -0.25) is 9.09 Å². The molecular weight excluding hydrogens is 167 g/mol. The number of rotatable bonds is 5. The molecular formula is C6H13O4P. The molecule has 0 bridgehead atoms. The Labute approximate surface area is 66.4 Å². The van der Waals surface area contributed by atoms with Crippen LogP contribution in [0, 0.1) is 0 Å². The number of ether oxygens (including phenoxy) is 1. The normalized spacial score (nSPS) is 15.9. The molecule has 5 heteroatoms. The van der Waals surface area contributed by atoms with Crippen molar-refractivity contribution in [1.82, 2.24) is 0 Å². The number of hydrogen-bond acceptors (Lipinski definition) is 3. The van der Waals surface area contributed by atoms with E-state index in [0.29, 0.717) is 6.61 Å². The molecule has 0 saturated heterocycles. The van der Waals surface area contributed by atoms with Crippen molar-refractivity contribution in [2.24, 2.45) is 0 Å². The van der Waals surface area contributed by atoms with Crippen molar-refractivity contribution in [3.63, 3.8) is 0 Å². The molecule has 0 aliphatic carbocycles. The Kier molecular flexibility index (Phi) is 4.61. The molecule has 0 aliphatic heterocycles. The summed E-state index contributed by atoms with van der Waals surface area (Å²) in [7, 11) is -3.38. The predicted octanol–water partition coefficient (Wildman–Crippen LogP) is 1.37. The van der Waals surface area contributed by atoms with Gasteiger partial charge in [-0.25, -0.2) is 0 Å². The van der Waals surface area contributed by atoms with E-state index in [1.807, 2.05) is 0 Å². The van der Waals surface area contributed by atoms with E-state index in [1.54, 1.807) is 6.92 Å². The molecule has 1 N–H and O–H groups in total. The average Bonchev–Trinajstić information content (AvgIpc) is 1.78. The van der Waals surface area contributed by atoms with Crippen LogP contribution in [0.15, 0.2) is 12.2 Å². The van der Waals surface area contributed by atoms with Crippen LogP contribution in [0.5, 0.6) is 0 Å². The zero-order valence-electron chi connectivity index (χ0n) is 6.74. The first-order valence-corrected chi connectivity index (χ1v) is 5.11. The zero-order valence-corrected chi connectivity index (χ0v) is 7.63. The smallest absolute Gasteiger partial charge is 0.327 e. The first kappa shape index (κ1) is 10.8. The fraction of sp³-hybridized carbons (Fsp3) is 0.667. The minimum atomic E-state index is -3.38. The van der Waals surface area contributed by atoms with Crippen molar-refractivity contribution in [3.05, 3.63) is 12.2 Å². The van der Waals surface area contributed by atoms with Gasteiger partial charge in [0, 0.05) is 6.66 Å². The summed E-state index contributed by atoms with van der Waals surface area (Å²) in [4.78, 5) is 8.61. The largest absolute Gasteiger partial charge is 0.351 e. The highest BCUT2D eigenvalue weighted by Crippen LogP contribution is 2.35. The lowest BCUT2D eigenvalue weighted by Gasteiger charge is -2.06. The van der Waals surface area contributed by atoms with Crippen LogP contribution in [0.2, 0.25) is 0 Å². The lowest BCUT2D eigenvalue weighted by Crippen LogP contribution is -1.99. The molecule has 0 aliphatic rings. The van der Waals surface area contributed by atoms with E-state index in [9.17, 15) is 4.57 Å². The molecule has 0 aromatic heterocycles. The Morgan fingerprint density at radius 2 is 2.27 bits per heavy atom. The van der Waals surface area contributed by atoms with Crippen LogP contribution in [-0.4, -0.2) is 25.0 Å². The second-order valence-corrected chi connectivity index (χ2v) is 4.22. The van der Waals surface area contributed by atoms with Crippen LogP contribution < -0.4 is 0 Å². The van der Waals surface area contributed by atoms with Crippen LogP contribution >= 0.6 is 7.60 Å². The monoisotopic (exact) mass is 180 g/mol. The molecule has 0 aromatic carbocycles. The van der Waals surface area contributed by atoms with Gasteiger partial charge in [0.1, 0.15) is 0 Å². The minimum Gasteiger partial charge on any atom is -0.351 e. The lowest BCUT2D eigenvalue weighted by atomic mass is 10.4. The highest BCUT2D eigenvalue weighted by molar-refractivity contribution is 7.51. The van der Waals surface area contributed by atoms with Crippen LogP contribution in [0.25, 0.3) is 0 Å². The third kappa shape index (κ3) is 9.85. The second-order valence-electron chi connectivity index (χ2n) is 2.36. The van der Waals surface area contributed by atoms with Gasteiger partial charge in [0.05, 0.1) is 6.61 Å². The Hall–Kier alpha value is -0.150. The quantitative estimate of drug-likeness (QED) is 0.300. The lowest BCUT2D eigenvalue weighted by molar-refractivity contribution is 0.0218. The van der Waals surface area contributed by atoms with Crippen LogP contribution in [-0.2, 0) is 13.8 Å². The fourth-order valence-electron chi connectivity index (χ4n) is 0.351. The summed E-state index contributed by atoms with van der Waals surface area (Å²) in [5.74, 6) is 0. The Morgan fingerprint density at radius 1 is 1.73 bits per heavy atom. The molecule has 0 amide bonds. The summed E-state index contributed by atoms with van der Waals surface area (Å²) < 4.78 is 19.7. The molecule has 11 heavy (non-hydrogen) atoms. The molecule has 0 radical (unpaired) electrons. The van der Waals surface area contributed by atoms with Crippen molar-refractivity contribution >= 4 is 7.60 Å². The van der Waals surface area contributed by atoms with Gasteiger partial charge in [-0.2, -0.15) is 0 Å². The third-order valence-electron chi connectivity index (χ3n) is 0.724. The minimum absolute atomic E-state index is 0.170.